The highest BCUT2D eigenvalue weighted by Crippen LogP contribution is 1.93. The van der Waals surface area contributed by atoms with Crippen LogP contribution in [-0.4, -0.2) is 45.8 Å². The first-order valence-electron chi connectivity index (χ1n) is 5.86. The van der Waals surface area contributed by atoms with Crippen LogP contribution in [-0.2, 0) is 14.2 Å². The van der Waals surface area contributed by atoms with Crippen LogP contribution in [0.2, 0.25) is 0 Å². The molecule has 0 bridgehead atoms. The third-order valence-corrected chi connectivity index (χ3v) is 1.86. The SMILES string of the molecule is CCOCCCNCC(OCC)OCC. The lowest BCUT2D eigenvalue weighted by Gasteiger charge is -2.17. The number of hydrogen-bond donors (Lipinski definition) is 1. The Balaban J connectivity index is 3.28. The number of ether oxygens (including phenoxy) is 3. The minimum atomic E-state index is -0.118. The van der Waals surface area contributed by atoms with E-state index in [-0.39, 0.29) is 6.29 Å². The Hall–Kier alpha value is -0.160. The molecule has 4 nitrogen and oxygen atoms in total. The molecule has 1 N–H and O–H groups in total. The topological polar surface area (TPSA) is 39.7 Å². The van der Waals surface area contributed by atoms with Gasteiger partial charge in [-0.15, -0.1) is 0 Å². The van der Waals surface area contributed by atoms with Crippen molar-refractivity contribution < 1.29 is 14.2 Å². The van der Waals surface area contributed by atoms with Crippen molar-refractivity contribution in [2.24, 2.45) is 0 Å². The van der Waals surface area contributed by atoms with Crippen LogP contribution in [0.25, 0.3) is 0 Å². The predicted octanol–water partition coefficient (Wildman–Crippen LogP) is 1.40. The first kappa shape index (κ1) is 14.8. The maximum atomic E-state index is 5.39. The highest BCUT2D eigenvalue weighted by molar-refractivity contribution is 4.51. The summed E-state index contributed by atoms with van der Waals surface area (Å²) in [7, 11) is 0. The fraction of sp³-hybridized carbons (Fsp3) is 1.00. The highest BCUT2D eigenvalue weighted by Gasteiger charge is 2.05. The van der Waals surface area contributed by atoms with E-state index in [2.05, 4.69) is 5.32 Å². The lowest BCUT2D eigenvalue weighted by Crippen LogP contribution is -2.32. The maximum Gasteiger partial charge on any atom is 0.169 e. The number of hydrogen-bond acceptors (Lipinski definition) is 4. The van der Waals surface area contributed by atoms with Crippen molar-refractivity contribution in [3.05, 3.63) is 0 Å². The van der Waals surface area contributed by atoms with Crippen molar-refractivity contribution in [1.82, 2.24) is 5.32 Å². The normalized spacial score (nSPS) is 11.2. The average Bonchev–Trinajstić information content (AvgIpc) is 2.24. The summed E-state index contributed by atoms with van der Waals surface area (Å²) in [5.74, 6) is 0. The van der Waals surface area contributed by atoms with Crippen molar-refractivity contribution in [3.8, 4) is 0 Å². The van der Waals surface area contributed by atoms with Crippen LogP contribution in [0, 0.1) is 0 Å². The van der Waals surface area contributed by atoms with E-state index in [0.717, 1.165) is 32.7 Å². The van der Waals surface area contributed by atoms with Gasteiger partial charge in [-0.3, -0.25) is 0 Å². The van der Waals surface area contributed by atoms with E-state index in [1.165, 1.54) is 0 Å². The van der Waals surface area contributed by atoms with E-state index in [1.54, 1.807) is 0 Å². The van der Waals surface area contributed by atoms with Crippen molar-refractivity contribution in [2.75, 3.05) is 39.5 Å². The van der Waals surface area contributed by atoms with E-state index in [9.17, 15) is 0 Å². The fourth-order valence-electron chi connectivity index (χ4n) is 1.20. The molecule has 0 rings (SSSR count). The lowest BCUT2D eigenvalue weighted by molar-refractivity contribution is -0.132. The molecule has 92 valence electrons. The summed E-state index contributed by atoms with van der Waals surface area (Å²) in [6.45, 7) is 10.6. The monoisotopic (exact) mass is 219 g/mol. The number of nitrogens with one attached hydrogen (secondary N) is 1. The van der Waals surface area contributed by atoms with Crippen molar-refractivity contribution >= 4 is 0 Å². The second kappa shape index (κ2) is 11.9. The molecule has 0 unspecified atom stereocenters. The molecule has 0 aromatic carbocycles. The first-order valence-corrected chi connectivity index (χ1v) is 5.86. The second-order valence-corrected chi connectivity index (χ2v) is 3.09. The van der Waals surface area contributed by atoms with Crippen LogP contribution in [0.5, 0.6) is 0 Å². The third kappa shape index (κ3) is 10.1. The Labute approximate surface area is 93.3 Å². The lowest BCUT2D eigenvalue weighted by atomic mass is 10.4. The van der Waals surface area contributed by atoms with Crippen LogP contribution in [0.4, 0.5) is 0 Å². The van der Waals surface area contributed by atoms with Gasteiger partial charge < -0.3 is 19.5 Å². The molecule has 15 heavy (non-hydrogen) atoms. The van der Waals surface area contributed by atoms with Gasteiger partial charge in [-0.05, 0) is 33.7 Å². The van der Waals surface area contributed by atoms with Crippen molar-refractivity contribution in [2.45, 2.75) is 33.5 Å². The fourth-order valence-corrected chi connectivity index (χ4v) is 1.20. The molecule has 0 aromatic heterocycles. The first-order chi connectivity index (χ1) is 7.35. The predicted molar refractivity (Wildman–Crippen MR) is 61.0 cm³/mol. The molecule has 0 aliphatic heterocycles. The molecule has 0 radical (unpaired) electrons. The van der Waals surface area contributed by atoms with Gasteiger partial charge in [-0.2, -0.15) is 0 Å². The van der Waals surface area contributed by atoms with Crippen LogP contribution in [0.3, 0.4) is 0 Å². The van der Waals surface area contributed by atoms with E-state index >= 15 is 0 Å². The quantitative estimate of drug-likeness (QED) is 0.421. The summed E-state index contributed by atoms with van der Waals surface area (Å²) < 4.78 is 16.0. The highest BCUT2D eigenvalue weighted by atomic mass is 16.7. The third-order valence-electron chi connectivity index (χ3n) is 1.86. The zero-order valence-corrected chi connectivity index (χ0v) is 10.3. The summed E-state index contributed by atoms with van der Waals surface area (Å²) in [6, 6.07) is 0. The smallest absolute Gasteiger partial charge is 0.169 e. The Morgan fingerprint density at radius 2 is 1.67 bits per heavy atom. The maximum absolute atomic E-state index is 5.39. The Morgan fingerprint density at radius 1 is 1.00 bits per heavy atom. The molecular formula is C11H25NO3. The minimum Gasteiger partial charge on any atom is -0.382 e. The molecule has 0 fully saturated rings. The Kier molecular flexibility index (Phi) is 11.8. The molecular weight excluding hydrogens is 194 g/mol. The molecule has 0 aliphatic carbocycles. The summed E-state index contributed by atoms with van der Waals surface area (Å²) in [4.78, 5) is 0. The van der Waals surface area contributed by atoms with Gasteiger partial charge in [0.15, 0.2) is 6.29 Å². The molecule has 0 spiro atoms. The van der Waals surface area contributed by atoms with E-state index < -0.39 is 0 Å². The van der Waals surface area contributed by atoms with Gasteiger partial charge in [0.2, 0.25) is 0 Å². The van der Waals surface area contributed by atoms with Crippen molar-refractivity contribution in [3.63, 3.8) is 0 Å². The minimum absolute atomic E-state index is 0.118. The summed E-state index contributed by atoms with van der Waals surface area (Å²) in [5, 5.41) is 3.28. The molecule has 0 amide bonds. The molecule has 0 saturated heterocycles. The zero-order chi connectivity index (χ0) is 11.4. The standard InChI is InChI=1S/C11H25NO3/c1-4-13-9-7-8-12-10-11(14-5-2)15-6-3/h11-12H,4-10H2,1-3H3. The summed E-state index contributed by atoms with van der Waals surface area (Å²) in [6.07, 6.45) is 0.908. The van der Waals surface area contributed by atoms with E-state index in [1.807, 2.05) is 20.8 Å². The average molecular weight is 219 g/mol. The van der Waals surface area contributed by atoms with Gasteiger partial charge in [0.05, 0.1) is 0 Å². The Bertz CT molecular complexity index is 116. The molecule has 0 atom stereocenters. The molecule has 4 heteroatoms. The van der Waals surface area contributed by atoms with Crippen LogP contribution in [0.1, 0.15) is 27.2 Å². The number of rotatable bonds is 11. The van der Waals surface area contributed by atoms with Crippen LogP contribution < -0.4 is 5.32 Å². The molecule has 0 saturated carbocycles. The molecule has 0 aliphatic rings. The Morgan fingerprint density at radius 3 is 2.20 bits per heavy atom. The summed E-state index contributed by atoms with van der Waals surface area (Å²) in [5.41, 5.74) is 0. The van der Waals surface area contributed by atoms with Crippen molar-refractivity contribution in [1.29, 1.82) is 0 Å². The summed E-state index contributed by atoms with van der Waals surface area (Å²) >= 11 is 0. The van der Waals surface area contributed by atoms with Gasteiger partial charge in [-0.1, -0.05) is 0 Å². The zero-order valence-electron chi connectivity index (χ0n) is 10.3. The largest absolute Gasteiger partial charge is 0.382 e. The molecule has 0 aromatic rings. The van der Waals surface area contributed by atoms with Gasteiger partial charge >= 0.3 is 0 Å². The van der Waals surface area contributed by atoms with Gasteiger partial charge in [0.1, 0.15) is 0 Å². The van der Waals surface area contributed by atoms with Gasteiger partial charge in [0.25, 0.3) is 0 Å². The van der Waals surface area contributed by atoms with Crippen LogP contribution >= 0.6 is 0 Å². The van der Waals surface area contributed by atoms with E-state index in [0.29, 0.717) is 13.2 Å². The molecule has 0 heterocycles. The van der Waals surface area contributed by atoms with Crippen LogP contribution in [0.15, 0.2) is 0 Å². The second-order valence-electron chi connectivity index (χ2n) is 3.09. The van der Waals surface area contributed by atoms with E-state index in [4.69, 9.17) is 14.2 Å². The van der Waals surface area contributed by atoms with Gasteiger partial charge in [-0.25, -0.2) is 0 Å². The van der Waals surface area contributed by atoms with Gasteiger partial charge in [0, 0.05) is 33.0 Å².